The number of anilines is 1. The van der Waals surface area contributed by atoms with Crippen molar-refractivity contribution in [2.75, 3.05) is 31.1 Å². The highest BCUT2D eigenvalue weighted by molar-refractivity contribution is 9.10. The Balaban J connectivity index is 1.68. The number of amides is 1. The SMILES string of the molecule is Cn1ncc(Br)c1C(=O)N1CCN(c2ccccn2)CC1. The van der Waals surface area contributed by atoms with E-state index in [0.29, 0.717) is 18.8 Å². The van der Waals surface area contributed by atoms with Crippen LogP contribution in [0.15, 0.2) is 35.1 Å². The number of halogens is 1. The maximum Gasteiger partial charge on any atom is 0.273 e. The number of hydrogen-bond acceptors (Lipinski definition) is 4. The molecule has 1 aliphatic heterocycles. The predicted octanol–water partition coefficient (Wildman–Crippen LogP) is 1.54. The van der Waals surface area contributed by atoms with Crippen molar-refractivity contribution in [1.82, 2.24) is 19.7 Å². The summed E-state index contributed by atoms with van der Waals surface area (Å²) < 4.78 is 2.35. The van der Waals surface area contributed by atoms with Crippen LogP contribution in [0, 0.1) is 0 Å². The smallest absolute Gasteiger partial charge is 0.273 e. The van der Waals surface area contributed by atoms with Gasteiger partial charge in [-0.2, -0.15) is 5.10 Å². The molecule has 2 aromatic heterocycles. The summed E-state index contributed by atoms with van der Waals surface area (Å²) in [6.07, 6.45) is 3.44. The second-order valence-corrected chi connectivity index (χ2v) is 5.79. The molecule has 0 spiro atoms. The highest BCUT2D eigenvalue weighted by atomic mass is 79.9. The van der Waals surface area contributed by atoms with Crippen molar-refractivity contribution in [2.45, 2.75) is 0 Å². The van der Waals surface area contributed by atoms with Gasteiger partial charge >= 0.3 is 0 Å². The third-order valence-electron chi connectivity index (χ3n) is 3.64. The fraction of sp³-hybridized carbons (Fsp3) is 0.357. The molecule has 110 valence electrons. The van der Waals surface area contributed by atoms with Crippen LogP contribution < -0.4 is 4.90 Å². The van der Waals surface area contributed by atoms with E-state index in [1.807, 2.05) is 23.1 Å². The maximum absolute atomic E-state index is 12.5. The Labute approximate surface area is 131 Å². The number of hydrogen-bond donors (Lipinski definition) is 0. The van der Waals surface area contributed by atoms with Crippen LogP contribution in [-0.4, -0.2) is 51.8 Å². The van der Waals surface area contributed by atoms with Crippen molar-refractivity contribution < 1.29 is 4.79 Å². The van der Waals surface area contributed by atoms with E-state index in [-0.39, 0.29) is 5.91 Å². The molecule has 1 saturated heterocycles. The summed E-state index contributed by atoms with van der Waals surface area (Å²) >= 11 is 3.38. The molecule has 3 rings (SSSR count). The molecule has 0 unspecified atom stereocenters. The number of carbonyl (C=O) groups excluding carboxylic acids is 1. The molecule has 1 aliphatic rings. The molecule has 1 fully saturated rings. The molecule has 3 heterocycles. The lowest BCUT2D eigenvalue weighted by atomic mass is 10.2. The van der Waals surface area contributed by atoms with E-state index in [1.54, 1.807) is 24.1 Å². The zero-order chi connectivity index (χ0) is 14.8. The molecular weight excluding hydrogens is 334 g/mol. The Hall–Kier alpha value is -1.89. The lowest BCUT2D eigenvalue weighted by molar-refractivity contribution is 0.0734. The third-order valence-corrected chi connectivity index (χ3v) is 4.22. The van der Waals surface area contributed by atoms with Gasteiger partial charge in [0.05, 0.1) is 10.7 Å². The van der Waals surface area contributed by atoms with Gasteiger partial charge in [-0.15, -0.1) is 0 Å². The number of nitrogens with zero attached hydrogens (tertiary/aromatic N) is 5. The summed E-state index contributed by atoms with van der Waals surface area (Å²) in [6.45, 7) is 2.95. The second kappa shape index (κ2) is 5.85. The third kappa shape index (κ3) is 2.78. The van der Waals surface area contributed by atoms with Crippen LogP contribution in [0.1, 0.15) is 10.5 Å². The normalized spacial score (nSPS) is 15.3. The van der Waals surface area contributed by atoms with Crippen molar-refractivity contribution >= 4 is 27.7 Å². The van der Waals surface area contributed by atoms with Gasteiger partial charge in [0.25, 0.3) is 5.91 Å². The minimum absolute atomic E-state index is 0.0162. The minimum Gasteiger partial charge on any atom is -0.353 e. The zero-order valence-corrected chi connectivity index (χ0v) is 13.3. The van der Waals surface area contributed by atoms with Gasteiger partial charge in [0, 0.05) is 39.4 Å². The molecule has 0 atom stereocenters. The van der Waals surface area contributed by atoms with Crippen LogP contribution in [0.3, 0.4) is 0 Å². The molecular formula is C14H16BrN5O. The van der Waals surface area contributed by atoms with Gasteiger partial charge in [-0.3, -0.25) is 9.48 Å². The van der Waals surface area contributed by atoms with Gasteiger partial charge in [0.15, 0.2) is 0 Å². The van der Waals surface area contributed by atoms with Crippen LogP contribution in [0.5, 0.6) is 0 Å². The summed E-state index contributed by atoms with van der Waals surface area (Å²) in [5.41, 5.74) is 0.598. The first-order chi connectivity index (χ1) is 10.2. The van der Waals surface area contributed by atoms with Crippen LogP contribution in [-0.2, 0) is 7.05 Å². The van der Waals surface area contributed by atoms with Crippen molar-refractivity contribution in [1.29, 1.82) is 0 Å². The van der Waals surface area contributed by atoms with Crippen molar-refractivity contribution in [3.8, 4) is 0 Å². The summed E-state index contributed by atoms with van der Waals surface area (Å²) in [5, 5.41) is 4.10. The lowest BCUT2D eigenvalue weighted by Gasteiger charge is -2.35. The van der Waals surface area contributed by atoms with Crippen molar-refractivity contribution in [2.24, 2.45) is 7.05 Å². The Morgan fingerprint density at radius 3 is 2.57 bits per heavy atom. The molecule has 7 heteroatoms. The number of aromatic nitrogens is 3. The van der Waals surface area contributed by atoms with Crippen LogP contribution in [0.4, 0.5) is 5.82 Å². The number of pyridine rings is 1. The fourth-order valence-corrected chi connectivity index (χ4v) is 3.00. The van der Waals surface area contributed by atoms with Gasteiger partial charge < -0.3 is 9.80 Å². The standard InChI is InChI=1S/C14H16BrN5O/c1-18-13(11(15)10-17-18)14(21)20-8-6-19(7-9-20)12-4-2-3-5-16-12/h2-5,10H,6-9H2,1H3. The molecule has 0 radical (unpaired) electrons. The van der Waals surface area contributed by atoms with Gasteiger partial charge in [-0.05, 0) is 28.1 Å². The summed E-state index contributed by atoms with van der Waals surface area (Å²) in [4.78, 5) is 21.0. The van der Waals surface area contributed by atoms with E-state index in [2.05, 4.69) is 30.9 Å². The van der Waals surface area contributed by atoms with E-state index >= 15 is 0 Å². The largest absolute Gasteiger partial charge is 0.353 e. The van der Waals surface area contributed by atoms with Gasteiger partial charge in [-0.1, -0.05) is 6.07 Å². The van der Waals surface area contributed by atoms with Gasteiger partial charge in [-0.25, -0.2) is 4.98 Å². The average Bonchev–Trinajstić information content (AvgIpc) is 2.87. The minimum atomic E-state index is 0.0162. The molecule has 6 nitrogen and oxygen atoms in total. The Bertz CT molecular complexity index is 615. The molecule has 0 aliphatic carbocycles. The van der Waals surface area contributed by atoms with Gasteiger partial charge in [0.1, 0.15) is 11.5 Å². The van der Waals surface area contributed by atoms with Gasteiger partial charge in [0.2, 0.25) is 0 Å². The zero-order valence-electron chi connectivity index (χ0n) is 11.7. The lowest BCUT2D eigenvalue weighted by Crippen LogP contribution is -2.49. The van der Waals surface area contributed by atoms with E-state index < -0.39 is 0 Å². The van der Waals surface area contributed by atoms with Crippen LogP contribution in [0.2, 0.25) is 0 Å². The van der Waals surface area contributed by atoms with E-state index in [9.17, 15) is 4.79 Å². The van der Waals surface area contributed by atoms with E-state index in [1.165, 1.54) is 0 Å². The molecule has 2 aromatic rings. The number of aryl methyl sites for hydroxylation is 1. The highest BCUT2D eigenvalue weighted by Gasteiger charge is 2.26. The molecule has 1 amide bonds. The summed E-state index contributed by atoms with van der Waals surface area (Å²) in [6, 6.07) is 5.88. The van der Waals surface area contributed by atoms with E-state index in [0.717, 1.165) is 23.4 Å². The first-order valence-corrected chi connectivity index (χ1v) is 7.59. The predicted molar refractivity (Wildman–Crippen MR) is 83.3 cm³/mol. The van der Waals surface area contributed by atoms with Crippen molar-refractivity contribution in [3.05, 3.63) is 40.8 Å². The first kappa shape index (κ1) is 14.1. The maximum atomic E-state index is 12.5. The molecule has 0 N–H and O–H groups in total. The summed E-state index contributed by atoms with van der Waals surface area (Å²) in [5.74, 6) is 0.980. The van der Waals surface area contributed by atoms with E-state index in [4.69, 9.17) is 0 Å². The number of carbonyl (C=O) groups is 1. The quantitative estimate of drug-likeness (QED) is 0.825. The van der Waals surface area contributed by atoms with Crippen LogP contribution >= 0.6 is 15.9 Å². The Kier molecular flexibility index (Phi) is 3.92. The fourth-order valence-electron chi connectivity index (χ4n) is 2.48. The molecule has 0 saturated carbocycles. The Morgan fingerprint density at radius 2 is 2.00 bits per heavy atom. The van der Waals surface area contributed by atoms with Crippen LogP contribution in [0.25, 0.3) is 0 Å². The number of piperazine rings is 1. The van der Waals surface area contributed by atoms with Crippen molar-refractivity contribution in [3.63, 3.8) is 0 Å². The Morgan fingerprint density at radius 1 is 1.24 bits per heavy atom. The molecule has 0 bridgehead atoms. The molecule has 21 heavy (non-hydrogen) atoms. The average molecular weight is 350 g/mol. The topological polar surface area (TPSA) is 54.3 Å². The summed E-state index contributed by atoms with van der Waals surface area (Å²) in [7, 11) is 1.78. The highest BCUT2D eigenvalue weighted by Crippen LogP contribution is 2.19. The first-order valence-electron chi connectivity index (χ1n) is 6.79. The second-order valence-electron chi connectivity index (χ2n) is 4.93. The monoisotopic (exact) mass is 349 g/mol. The molecule has 0 aromatic carbocycles. The number of rotatable bonds is 2.